The van der Waals surface area contributed by atoms with Gasteiger partial charge in [0, 0.05) is 31.7 Å². The van der Waals surface area contributed by atoms with E-state index in [-0.39, 0.29) is 23.2 Å². The molecule has 1 saturated heterocycles. The van der Waals surface area contributed by atoms with Gasteiger partial charge in [0.2, 0.25) is 0 Å². The third-order valence-corrected chi connectivity index (χ3v) is 7.32. The molecule has 1 aliphatic heterocycles. The van der Waals surface area contributed by atoms with Crippen LogP contribution in [0.3, 0.4) is 0 Å². The number of thiophene rings is 1. The van der Waals surface area contributed by atoms with Crippen molar-refractivity contribution in [1.82, 2.24) is 9.21 Å². The van der Waals surface area contributed by atoms with Gasteiger partial charge >= 0.3 is 0 Å². The molecule has 1 fully saturated rings. The fourth-order valence-electron chi connectivity index (χ4n) is 2.43. The molecule has 0 bridgehead atoms. The lowest BCUT2D eigenvalue weighted by Gasteiger charge is -2.33. The molecule has 1 aliphatic rings. The molecule has 2 aromatic heterocycles. The lowest BCUT2D eigenvalue weighted by atomic mass is 10.2. The average Bonchev–Trinajstić information content (AvgIpc) is 3.15. The zero-order chi connectivity index (χ0) is 16.6. The van der Waals surface area contributed by atoms with E-state index in [1.165, 1.54) is 16.6 Å². The van der Waals surface area contributed by atoms with Gasteiger partial charge in [0.1, 0.15) is 4.21 Å². The van der Waals surface area contributed by atoms with E-state index in [2.05, 4.69) is 0 Å². The van der Waals surface area contributed by atoms with Gasteiger partial charge in [-0.05, 0) is 25.1 Å². The predicted molar refractivity (Wildman–Crippen MR) is 87.4 cm³/mol. The second-order valence-corrected chi connectivity index (χ2v) is 9.07. The van der Waals surface area contributed by atoms with Gasteiger partial charge in [0.05, 0.1) is 10.6 Å². The van der Waals surface area contributed by atoms with Gasteiger partial charge in [0.15, 0.2) is 5.76 Å². The number of nitrogens with zero attached hydrogens (tertiary/aromatic N) is 2. The first-order chi connectivity index (χ1) is 10.9. The van der Waals surface area contributed by atoms with E-state index in [0.29, 0.717) is 23.2 Å². The standard InChI is InChI=1S/C14H15ClN2O4S2/c1-10-4-9-21-13(10)14(18)16-5-7-17(8-6-16)23(19,20)12-3-2-11(15)22-12/h2-4,9H,5-8H2,1H3. The molecule has 124 valence electrons. The summed E-state index contributed by atoms with van der Waals surface area (Å²) in [6, 6.07) is 4.80. The van der Waals surface area contributed by atoms with Gasteiger partial charge in [-0.2, -0.15) is 4.31 Å². The van der Waals surface area contributed by atoms with E-state index in [0.717, 1.165) is 16.9 Å². The maximum absolute atomic E-state index is 12.5. The molecular formula is C14H15ClN2O4S2. The van der Waals surface area contributed by atoms with Crippen LogP contribution in [0.2, 0.25) is 4.34 Å². The van der Waals surface area contributed by atoms with Crippen LogP contribution in [-0.4, -0.2) is 49.7 Å². The number of halogens is 1. The summed E-state index contributed by atoms with van der Waals surface area (Å²) in [6.07, 6.45) is 1.48. The smallest absolute Gasteiger partial charge is 0.289 e. The molecule has 2 aromatic rings. The Bertz CT molecular complexity index is 819. The number of amides is 1. The fourth-order valence-corrected chi connectivity index (χ4v) is 5.49. The van der Waals surface area contributed by atoms with Crippen molar-refractivity contribution >= 4 is 38.9 Å². The lowest BCUT2D eigenvalue weighted by Crippen LogP contribution is -2.50. The van der Waals surface area contributed by atoms with Gasteiger partial charge in [-0.3, -0.25) is 4.79 Å². The van der Waals surface area contributed by atoms with Crippen molar-refractivity contribution in [2.24, 2.45) is 0 Å². The number of sulfonamides is 1. The van der Waals surface area contributed by atoms with Crippen LogP contribution in [0, 0.1) is 6.92 Å². The zero-order valence-electron chi connectivity index (χ0n) is 12.4. The van der Waals surface area contributed by atoms with Crippen molar-refractivity contribution in [2.75, 3.05) is 26.2 Å². The SMILES string of the molecule is Cc1ccoc1C(=O)N1CCN(S(=O)(=O)c2ccc(Cl)s2)CC1. The molecular weight excluding hydrogens is 360 g/mol. The van der Waals surface area contributed by atoms with Crippen LogP contribution in [0.5, 0.6) is 0 Å². The normalized spacial score (nSPS) is 16.7. The molecule has 1 amide bonds. The molecule has 0 spiro atoms. The molecule has 3 rings (SSSR count). The highest BCUT2D eigenvalue weighted by atomic mass is 35.5. The topological polar surface area (TPSA) is 70.8 Å². The maximum atomic E-state index is 12.5. The van der Waals surface area contributed by atoms with Crippen molar-refractivity contribution in [2.45, 2.75) is 11.1 Å². The molecule has 6 nitrogen and oxygen atoms in total. The highest BCUT2D eigenvalue weighted by molar-refractivity contribution is 7.91. The van der Waals surface area contributed by atoms with Crippen LogP contribution in [-0.2, 0) is 10.0 Å². The summed E-state index contributed by atoms with van der Waals surface area (Å²) in [6.45, 7) is 2.97. The van der Waals surface area contributed by atoms with E-state index in [1.807, 2.05) is 0 Å². The van der Waals surface area contributed by atoms with Crippen molar-refractivity contribution in [3.8, 4) is 0 Å². The number of furan rings is 1. The highest BCUT2D eigenvalue weighted by Crippen LogP contribution is 2.28. The van der Waals surface area contributed by atoms with Crippen LogP contribution in [0.15, 0.2) is 33.1 Å². The Labute approximate surface area is 143 Å². The number of piperazine rings is 1. The molecule has 0 aromatic carbocycles. The molecule has 0 aliphatic carbocycles. The van der Waals surface area contributed by atoms with Gasteiger partial charge < -0.3 is 9.32 Å². The monoisotopic (exact) mass is 374 g/mol. The summed E-state index contributed by atoms with van der Waals surface area (Å²) >= 11 is 6.85. The molecule has 0 unspecified atom stereocenters. The fraction of sp³-hybridized carbons (Fsp3) is 0.357. The number of carbonyl (C=O) groups is 1. The van der Waals surface area contributed by atoms with Gasteiger partial charge in [0.25, 0.3) is 15.9 Å². The Morgan fingerprint density at radius 3 is 2.43 bits per heavy atom. The summed E-state index contributed by atoms with van der Waals surface area (Å²) in [4.78, 5) is 14.0. The van der Waals surface area contributed by atoms with Gasteiger partial charge in [-0.15, -0.1) is 11.3 Å². The zero-order valence-corrected chi connectivity index (χ0v) is 14.7. The minimum atomic E-state index is -3.55. The number of carbonyl (C=O) groups excluding carboxylic acids is 1. The van der Waals surface area contributed by atoms with Gasteiger partial charge in [-0.25, -0.2) is 8.42 Å². The third kappa shape index (κ3) is 3.16. The van der Waals surface area contributed by atoms with Crippen LogP contribution in [0.4, 0.5) is 0 Å². The first-order valence-electron chi connectivity index (χ1n) is 6.98. The quantitative estimate of drug-likeness (QED) is 0.827. The minimum Gasteiger partial charge on any atom is -0.459 e. The van der Waals surface area contributed by atoms with Crippen LogP contribution in [0.25, 0.3) is 0 Å². The highest BCUT2D eigenvalue weighted by Gasteiger charge is 2.32. The van der Waals surface area contributed by atoms with Gasteiger partial charge in [-0.1, -0.05) is 11.6 Å². The van der Waals surface area contributed by atoms with Crippen molar-refractivity contribution < 1.29 is 17.6 Å². The van der Waals surface area contributed by atoms with E-state index >= 15 is 0 Å². The first-order valence-corrected chi connectivity index (χ1v) is 9.62. The van der Waals surface area contributed by atoms with Crippen molar-refractivity contribution in [1.29, 1.82) is 0 Å². The Balaban J connectivity index is 1.69. The summed E-state index contributed by atoms with van der Waals surface area (Å²) in [7, 11) is -3.55. The van der Waals surface area contributed by atoms with Crippen LogP contribution < -0.4 is 0 Å². The second kappa shape index (κ2) is 6.27. The molecule has 9 heteroatoms. The number of aryl methyl sites for hydroxylation is 1. The minimum absolute atomic E-state index is 0.205. The van der Waals surface area contributed by atoms with Crippen LogP contribution in [0.1, 0.15) is 16.1 Å². The Morgan fingerprint density at radius 2 is 1.91 bits per heavy atom. The van der Waals surface area contributed by atoms with E-state index in [4.69, 9.17) is 16.0 Å². The molecule has 0 saturated carbocycles. The predicted octanol–water partition coefficient (Wildman–Crippen LogP) is 2.45. The number of rotatable bonds is 3. The van der Waals surface area contributed by atoms with Crippen molar-refractivity contribution in [3.63, 3.8) is 0 Å². The van der Waals surface area contributed by atoms with Crippen molar-refractivity contribution in [3.05, 3.63) is 40.1 Å². The molecule has 0 N–H and O–H groups in total. The molecule has 0 radical (unpaired) electrons. The molecule has 0 atom stereocenters. The van der Waals surface area contributed by atoms with E-state index < -0.39 is 10.0 Å². The molecule has 3 heterocycles. The second-order valence-electron chi connectivity index (χ2n) is 5.19. The maximum Gasteiger partial charge on any atom is 0.289 e. The third-order valence-electron chi connectivity index (χ3n) is 3.72. The lowest BCUT2D eigenvalue weighted by molar-refractivity contribution is 0.0665. The average molecular weight is 375 g/mol. The summed E-state index contributed by atoms with van der Waals surface area (Å²) < 4.78 is 32.3. The summed E-state index contributed by atoms with van der Waals surface area (Å²) in [5.74, 6) is 0.107. The Hall–Kier alpha value is -1.35. The largest absolute Gasteiger partial charge is 0.459 e. The van der Waals surface area contributed by atoms with E-state index in [1.54, 1.807) is 24.0 Å². The number of hydrogen-bond acceptors (Lipinski definition) is 5. The summed E-state index contributed by atoms with van der Waals surface area (Å²) in [5, 5.41) is 0. The van der Waals surface area contributed by atoms with E-state index in [9.17, 15) is 13.2 Å². The Kier molecular flexibility index (Phi) is 4.50. The Morgan fingerprint density at radius 1 is 1.22 bits per heavy atom. The summed E-state index contributed by atoms with van der Waals surface area (Å²) in [5.41, 5.74) is 0.776. The van der Waals surface area contributed by atoms with Crippen LogP contribution >= 0.6 is 22.9 Å². The molecule has 23 heavy (non-hydrogen) atoms. The number of hydrogen-bond donors (Lipinski definition) is 0. The first kappa shape index (κ1) is 16.5.